The Kier molecular flexibility index (Phi) is 6.37. The molecule has 0 unspecified atom stereocenters. The van der Waals surface area contributed by atoms with Gasteiger partial charge in [-0.1, -0.05) is 43.0 Å². The highest BCUT2D eigenvalue weighted by Crippen LogP contribution is 2.39. The summed E-state index contributed by atoms with van der Waals surface area (Å²) in [7, 11) is 1.62. The molecule has 0 bridgehead atoms. The van der Waals surface area contributed by atoms with Crippen LogP contribution in [-0.2, 0) is 9.59 Å². The lowest BCUT2D eigenvalue weighted by molar-refractivity contribution is -0.136. The van der Waals surface area contributed by atoms with Crippen molar-refractivity contribution in [3.63, 3.8) is 0 Å². The minimum atomic E-state index is -0.841. The van der Waals surface area contributed by atoms with Crippen molar-refractivity contribution in [3.05, 3.63) is 59.1 Å². The molecule has 1 spiro atoms. The summed E-state index contributed by atoms with van der Waals surface area (Å²) in [4.78, 5) is 53.9. The Morgan fingerprint density at radius 1 is 0.970 bits per heavy atom. The number of hydrogen-bond donors (Lipinski definition) is 2. The topological polar surface area (TPSA) is 98.8 Å². The van der Waals surface area contributed by atoms with E-state index in [0.29, 0.717) is 23.6 Å². The summed E-state index contributed by atoms with van der Waals surface area (Å²) < 4.78 is 0. The van der Waals surface area contributed by atoms with E-state index < -0.39 is 29.9 Å². The molecule has 2 N–H and O–H groups in total. The predicted octanol–water partition coefficient (Wildman–Crippen LogP) is 4.13. The highest BCUT2D eigenvalue weighted by molar-refractivity contribution is 6.30. The molecule has 172 valence electrons. The first-order chi connectivity index (χ1) is 15.8. The lowest BCUT2D eigenvalue weighted by Gasteiger charge is -2.35. The van der Waals surface area contributed by atoms with E-state index in [1.54, 1.807) is 55.6 Å². The van der Waals surface area contributed by atoms with E-state index in [-0.39, 0.29) is 17.2 Å². The van der Waals surface area contributed by atoms with E-state index in [0.717, 1.165) is 24.2 Å². The van der Waals surface area contributed by atoms with Crippen LogP contribution in [0.4, 0.5) is 16.2 Å². The van der Waals surface area contributed by atoms with Gasteiger partial charge in [0.05, 0.1) is 11.3 Å². The first-order valence-electron chi connectivity index (χ1n) is 10.9. The molecule has 9 heteroatoms. The maximum Gasteiger partial charge on any atom is 0.327 e. The summed E-state index contributed by atoms with van der Waals surface area (Å²) in [5.74, 6) is -1.29. The van der Waals surface area contributed by atoms with E-state index in [1.165, 1.54) is 4.90 Å². The maximum absolute atomic E-state index is 13.1. The fraction of sp³-hybridized carbons (Fsp3) is 0.333. The van der Waals surface area contributed by atoms with Gasteiger partial charge in [0.15, 0.2) is 0 Å². The first kappa shape index (κ1) is 22.8. The predicted molar refractivity (Wildman–Crippen MR) is 125 cm³/mol. The zero-order chi connectivity index (χ0) is 23.6. The molecule has 8 nitrogen and oxygen atoms in total. The number of carbonyl (C=O) groups excluding carboxylic acids is 4. The molecule has 33 heavy (non-hydrogen) atoms. The van der Waals surface area contributed by atoms with Gasteiger partial charge in [-0.05, 0) is 49.2 Å². The van der Waals surface area contributed by atoms with Gasteiger partial charge >= 0.3 is 6.03 Å². The quantitative estimate of drug-likeness (QED) is 0.644. The normalized spacial score (nSPS) is 17.4. The van der Waals surface area contributed by atoms with Crippen molar-refractivity contribution >= 4 is 46.7 Å². The molecule has 0 radical (unpaired) electrons. The van der Waals surface area contributed by atoms with Crippen molar-refractivity contribution in [2.24, 2.45) is 0 Å². The molecule has 1 saturated carbocycles. The number of carbonyl (C=O) groups is 4. The van der Waals surface area contributed by atoms with Crippen LogP contribution in [0.25, 0.3) is 0 Å². The number of hydrogen-bond acceptors (Lipinski definition) is 4. The third-order valence-corrected chi connectivity index (χ3v) is 6.59. The Bertz CT molecular complexity index is 1100. The molecule has 2 aromatic carbocycles. The monoisotopic (exact) mass is 468 g/mol. The minimum absolute atomic E-state index is 0.251. The van der Waals surface area contributed by atoms with Crippen LogP contribution in [0.1, 0.15) is 42.5 Å². The molecule has 5 amide bonds. The largest absolute Gasteiger partial charge is 0.327 e. The first-order valence-corrected chi connectivity index (χ1v) is 11.3. The van der Waals surface area contributed by atoms with Crippen molar-refractivity contribution in [1.82, 2.24) is 9.80 Å². The van der Waals surface area contributed by atoms with Gasteiger partial charge in [0.2, 0.25) is 5.91 Å². The van der Waals surface area contributed by atoms with Crippen LogP contribution >= 0.6 is 11.6 Å². The average molecular weight is 469 g/mol. The summed E-state index contributed by atoms with van der Waals surface area (Å²) in [6.07, 6.45) is 4.01. The van der Waals surface area contributed by atoms with Crippen LogP contribution in [0.3, 0.4) is 0 Å². The number of amides is 5. The number of para-hydroxylation sites is 1. The summed E-state index contributed by atoms with van der Waals surface area (Å²) >= 11 is 5.88. The Balaban J connectivity index is 1.46. The molecular weight excluding hydrogens is 444 g/mol. The van der Waals surface area contributed by atoms with Crippen LogP contribution < -0.4 is 10.6 Å². The summed E-state index contributed by atoms with van der Waals surface area (Å²) in [6.45, 7) is -0.406. The van der Waals surface area contributed by atoms with Gasteiger partial charge in [-0.3, -0.25) is 19.3 Å². The van der Waals surface area contributed by atoms with Crippen LogP contribution in [0.2, 0.25) is 5.02 Å². The van der Waals surface area contributed by atoms with Gasteiger partial charge in [-0.15, -0.1) is 0 Å². The molecule has 2 aliphatic rings. The molecule has 1 aliphatic heterocycles. The number of benzene rings is 2. The molecule has 0 aromatic heterocycles. The molecule has 0 atom stereocenters. The molecule has 1 heterocycles. The van der Waals surface area contributed by atoms with Crippen LogP contribution in [0.15, 0.2) is 48.5 Å². The second kappa shape index (κ2) is 9.23. The van der Waals surface area contributed by atoms with Crippen LogP contribution in [-0.4, -0.2) is 52.7 Å². The van der Waals surface area contributed by atoms with Gasteiger partial charge in [-0.2, -0.15) is 0 Å². The van der Waals surface area contributed by atoms with Gasteiger partial charge in [0, 0.05) is 17.8 Å². The minimum Gasteiger partial charge on any atom is -0.324 e. The van der Waals surface area contributed by atoms with Crippen LogP contribution in [0.5, 0.6) is 0 Å². The van der Waals surface area contributed by atoms with E-state index >= 15 is 0 Å². The maximum atomic E-state index is 13.1. The van der Waals surface area contributed by atoms with Crippen molar-refractivity contribution in [2.45, 2.75) is 37.6 Å². The number of nitrogens with zero attached hydrogens (tertiary/aromatic N) is 2. The third-order valence-electron chi connectivity index (χ3n) is 6.33. The van der Waals surface area contributed by atoms with Gasteiger partial charge in [0.25, 0.3) is 11.8 Å². The second-order valence-corrected chi connectivity index (χ2v) is 8.82. The number of halogens is 1. The van der Waals surface area contributed by atoms with E-state index in [9.17, 15) is 19.2 Å². The van der Waals surface area contributed by atoms with E-state index in [4.69, 9.17) is 11.6 Å². The van der Waals surface area contributed by atoms with Crippen molar-refractivity contribution in [3.8, 4) is 0 Å². The van der Waals surface area contributed by atoms with Crippen molar-refractivity contribution < 1.29 is 19.2 Å². The van der Waals surface area contributed by atoms with E-state index in [2.05, 4.69) is 10.6 Å². The number of imide groups is 1. The van der Waals surface area contributed by atoms with Crippen LogP contribution in [0, 0.1) is 0 Å². The zero-order valence-corrected chi connectivity index (χ0v) is 19.0. The summed E-state index contributed by atoms with van der Waals surface area (Å²) in [5, 5.41) is 5.98. The van der Waals surface area contributed by atoms with E-state index in [1.807, 2.05) is 0 Å². The molecule has 1 saturated heterocycles. The average Bonchev–Trinajstić information content (AvgIpc) is 2.97. The summed E-state index contributed by atoms with van der Waals surface area (Å²) in [5.41, 5.74) is 0.251. The Labute approximate surface area is 196 Å². The standard InChI is InChI=1S/C24H25ClN4O4/c1-28-23(33)29(22(32)24(28)13-5-2-6-14-24)15-20(30)27-19-8-4-3-7-18(19)21(31)26-17-11-9-16(25)10-12-17/h3-4,7-12H,2,5-6,13-15H2,1H3,(H,26,31)(H,27,30). The lowest BCUT2D eigenvalue weighted by atomic mass is 9.81. The smallest absolute Gasteiger partial charge is 0.324 e. The van der Waals surface area contributed by atoms with Gasteiger partial charge < -0.3 is 15.5 Å². The fourth-order valence-corrected chi connectivity index (χ4v) is 4.65. The van der Waals surface area contributed by atoms with Gasteiger partial charge in [-0.25, -0.2) is 4.79 Å². The van der Waals surface area contributed by atoms with Crippen molar-refractivity contribution in [2.75, 3.05) is 24.2 Å². The Morgan fingerprint density at radius 3 is 2.33 bits per heavy atom. The fourth-order valence-electron chi connectivity index (χ4n) is 4.53. The number of anilines is 2. The SMILES string of the molecule is CN1C(=O)N(CC(=O)Nc2ccccc2C(=O)Nc2ccc(Cl)cc2)C(=O)C12CCCCC2. The molecule has 4 rings (SSSR count). The zero-order valence-electron chi connectivity index (χ0n) is 18.3. The molecule has 2 aromatic rings. The number of likely N-dealkylation sites (N-methyl/N-ethyl adjacent to an activating group) is 1. The Morgan fingerprint density at radius 2 is 1.64 bits per heavy atom. The highest BCUT2D eigenvalue weighted by Gasteiger charge is 2.55. The Hall–Kier alpha value is -3.39. The summed E-state index contributed by atoms with van der Waals surface area (Å²) in [6, 6.07) is 12.7. The third kappa shape index (κ3) is 4.43. The van der Waals surface area contributed by atoms with Gasteiger partial charge in [0.1, 0.15) is 12.1 Å². The number of rotatable bonds is 5. The number of nitrogens with one attached hydrogen (secondary N) is 2. The molecule has 2 fully saturated rings. The molecule has 1 aliphatic carbocycles. The highest BCUT2D eigenvalue weighted by atomic mass is 35.5. The van der Waals surface area contributed by atoms with Crippen molar-refractivity contribution in [1.29, 1.82) is 0 Å². The number of urea groups is 1. The molecular formula is C24H25ClN4O4. The second-order valence-electron chi connectivity index (χ2n) is 8.38. The lowest BCUT2D eigenvalue weighted by Crippen LogP contribution is -2.49.